The van der Waals surface area contributed by atoms with Gasteiger partial charge in [-0.15, -0.1) is 0 Å². The first-order chi connectivity index (χ1) is 14.2. The second-order valence-corrected chi connectivity index (χ2v) is 7.89. The first-order valence-corrected chi connectivity index (χ1v) is 10.5. The Morgan fingerprint density at radius 1 is 1.10 bits per heavy atom. The molecule has 154 valence electrons. The number of hydrogen-bond acceptors (Lipinski definition) is 5. The second kappa shape index (κ2) is 9.46. The maximum Gasteiger partial charge on any atom is 0.255 e. The first-order valence-electron chi connectivity index (χ1n) is 10.2. The quantitative estimate of drug-likeness (QED) is 0.748. The van der Waals surface area contributed by atoms with Crippen molar-refractivity contribution >= 4 is 23.2 Å². The summed E-state index contributed by atoms with van der Waals surface area (Å²) in [5.74, 6) is 1.09. The van der Waals surface area contributed by atoms with E-state index in [1.54, 1.807) is 18.3 Å². The predicted octanol–water partition coefficient (Wildman–Crippen LogP) is 3.50. The summed E-state index contributed by atoms with van der Waals surface area (Å²) in [4.78, 5) is 21.2. The number of carbonyl (C=O) groups is 1. The molecule has 0 atom stereocenters. The number of ether oxygens (including phenoxy) is 2. The molecule has 0 aliphatic carbocycles. The summed E-state index contributed by atoms with van der Waals surface area (Å²) in [5, 5.41) is 0.743. The Morgan fingerprint density at radius 2 is 1.86 bits per heavy atom. The van der Waals surface area contributed by atoms with Crippen LogP contribution in [-0.2, 0) is 4.74 Å². The van der Waals surface area contributed by atoms with Crippen molar-refractivity contribution in [3.8, 4) is 5.88 Å². The van der Waals surface area contributed by atoms with Crippen LogP contribution in [-0.4, -0.2) is 61.8 Å². The number of benzene rings is 1. The highest BCUT2D eigenvalue weighted by Crippen LogP contribution is 2.26. The minimum absolute atomic E-state index is 0.00675. The monoisotopic (exact) mass is 415 g/mol. The predicted molar refractivity (Wildman–Crippen MR) is 113 cm³/mol. The zero-order valence-corrected chi connectivity index (χ0v) is 17.2. The summed E-state index contributed by atoms with van der Waals surface area (Å²) < 4.78 is 11.2. The molecule has 1 aromatic carbocycles. The molecule has 0 spiro atoms. The van der Waals surface area contributed by atoms with Crippen molar-refractivity contribution in [2.75, 3.05) is 50.9 Å². The number of carbonyl (C=O) groups excluding carboxylic acids is 1. The number of anilines is 1. The van der Waals surface area contributed by atoms with E-state index in [0.29, 0.717) is 37.1 Å². The Bertz CT molecular complexity index is 816. The molecular formula is C22H26ClN3O3. The van der Waals surface area contributed by atoms with Crippen molar-refractivity contribution in [3.05, 3.63) is 53.2 Å². The molecule has 0 bridgehead atoms. The fourth-order valence-corrected chi connectivity index (χ4v) is 4.00. The van der Waals surface area contributed by atoms with Gasteiger partial charge in [-0.05, 0) is 37.0 Å². The molecular weight excluding hydrogens is 390 g/mol. The number of halogens is 1. The average Bonchev–Trinajstić information content (AvgIpc) is 2.79. The molecule has 2 saturated heterocycles. The number of piperazine rings is 1. The third-order valence-electron chi connectivity index (χ3n) is 5.55. The van der Waals surface area contributed by atoms with Crippen LogP contribution in [0, 0.1) is 5.92 Å². The third kappa shape index (κ3) is 5.00. The van der Waals surface area contributed by atoms with Gasteiger partial charge in [0.25, 0.3) is 5.91 Å². The molecule has 1 aromatic heterocycles. The van der Waals surface area contributed by atoms with Gasteiger partial charge in [-0.3, -0.25) is 4.79 Å². The van der Waals surface area contributed by atoms with E-state index in [9.17, 15) is 4.79 Å². The van der Waals surface area contributed by atoms with E-state index >= 15 is 0 Å². The van der Waals surface area contributed by atoms with Gasteiger partial charge in [-0.2, -0.15) is 0 Å². The molecule has 4 rings (SSSR count). The van der Waals surface area contributed by atoms with E-state index in [0.717, 1.165) is 49.9 Å². The van der Waals surface area contributed by atoms with Crippen LogP contribution in [0.2, 0.25) is 5.02 Å². The minimum Gasteiger partial charge on any atom is -0.477 e. The lowest BCUT2D eigenvalue weighted by molar-refractivity contribution is 0.0490. The van der Waals surface area contributed by atoms with Gasteiger partial charge < -0.3 is 19.3 Å². The first kappa shape index (κ1) is 20.0. The Morgan fingerprint density at radius 3 is 2.55 bits per heavy atom. The van der Waals surface area contributed by atoms with Gasteiger partial charge in [-0.25, -0.2) is 4.98 Å². The van der Waals surface area contributed by atoms with E-state index in [2.05, 4.69) is 9.88 Å². The minimum atomic E-state index is 0.00675. The molecule has 1 amide bonds. The maximum absolute atomic E-state index is 12.8. The molecule has 2 aliphatic heterocycles. The third-order valence-corrected chi connectivity index (χ3v) is 5.87. The Labute approximate surface area is 176 Å². The maximum atomic E-state index is 12.8. The molecule has 0 radical (unpaired) electrons. The van der Waals surface area contributed by atoms with Crippen LogP contribution in [0.3, 0.4) is 0 Å². The van der Waals surface area contributed by atoms with Crippen molar-refractivity contribution in [1.82, 2.24) is 9.88 Å². The van der Waals surface area contributed by atoms with Crippen LogP contribution >= 0.6 is 11.6 Å². The standard InChI is InChI=1S/C22H26ClN3O3/c23-19-3-1-2-4-20(19)25-9-11-26(12-10-25)22(27)18-5-6-21(24-15-18)29-16-17-7-13-28-14-8-17/h1-6,15,17H,7-14,16H2. The summed E-state index contributed by atoms with van der Waals surface area (Å²) in [5.41, 5.74) is 1.61. The van der Waals surface area contributed by atoms with E-state index in [1.165, 1.54) is 0 Å². The molecule has 2 fully saturated rings. The molecule has 29 heavy (non-hydrogen) atoms. The highest BCUT2D eigenvalue weighted by Gasteiger charge is 2.23. The van der Waals surface area contributed by atoms with Crippen LogP contribution < -0.4 is 9.64 Å². The summed E-state index contributed by atoms with van der Waals surface area (Å²) >= 11 is 6.29. The number of nitrogens with zero attached hydrogens (tertiary/aromatic N) is 3. The molecule has 0 saturated carbocycles. The number of aromatic nitrogens is 1. The SMILES string of the molecule is O=C(c1ccc(OCC2CCOCC2)nc1)N1CCN(c2ccccc2Cl)CC1. The second-order valence-electron chi connectivity index (χ2n) is 7.48. The highest BCUT2D eigenvalue weighted by atomic mass is 35.5. The number of amides is 1. The van der Waals surface area contributed by atoms with Crippen LogP contribution in [0.5, 0.6) is 5.88 Å². The van der Waals surface area contributed by atoms with E-state index in [-0.39, 0.29) is 5.91 Å². The Balaban J connectivity index is 1.29. The summed E-state index contributed by atoms with van der Waals surface area (Å²) in [7, 11) is 0. The molecule has 2 aliphatic rings. The Kier molecular flexibility index (Phi) is 6.52. The van der Waals surface area contributed by atoms with E-state index in [4.69, 9.17) is 21.1 Å². The zero-order valence-electron chi connectivity index (χ0n) is 16.4. The zero-order chi connectivity index (χ0) is 20.1. The molecule has 2 aromatic rings. The van der Waals surface area contributed by atoms with Crippen LogP contribution in [0.15, 0.2) is 42.6 Å². The van der Waals surface area contributed by atoms with Gasteiger partial charge in [0.05, 0.1) is 22.9 Å². The van der Waals surface area contributed by atoms with Crippen LogP contribution in [0.25, 0.3) is 0 Å². The lowest BCUT2D eigenvalue weighted by atomic mass is 10.0. The summed E-state index contributed by atoms with van der Waals surface area (Å²) in [6, 6.07) is 11.4. The number of para-hydroxylation sites is 1. The van der Waals surface area contributed by atoms with Crippen LogP contribution in [0.1, 0.15) is 23.2 Å². The smallest absolute Gasteiger partial charge is 0.255 e. The molecule has 6 nitrogen and oxygen atoms in total. The topological polar surface area (TPSA) is 54.9 Å². The van der Waals surface area contributed by atoms with Crippen molar-refractivity contribution in [2.24, 2.45) is 5.92 Å². The summed E-state index contributed by atoms with van der Waals surface area (Å²) in [6.45, 7) is 5.09. The van der Waals surface area contributed by atoms with Crippen molar-refractivity contribution in [3.63, 3.8) is 0 Å². The average molecular weight is 416 g/mol. The van der Waals surface area contributed by atoms with E-state index in [1.807, 2.05) is 29.2 Å². The molecule has 7 heteroatoms. The molecule has 3 heterocycles. The number of pyridine rings is 1. The largest absolute Gasteiger partial charge is 0.477 e. The van der Waals surface area contributed by atoms with E-state index < -0.39 is 0 Å². The van der Waals surface area contributed by atoms with Gasteiger partial charge in [-0.1, -0.05) is 23.7 Å². The van der Waals surface area contributed by atoms with Crippen molar-refractivity contribution < 1.29 is 14.3 Å². The normalized spacial score (nSPS) is 18.0. The van der Waals surface area contributed by atoms with Gasteiger partial charge >= 0.3 is 0 Å². The van der Waals surface area contributed by atoms with Crippen molar-refractivity contribution in [1.29, 1.82) is 0 Å². The Hall–Kier alpha value is -2.31. The van der Waals surface area contributed by atoms with Gasteiger partial charge in [0, 0.05) is 51.7 Å². The fourth-order valence-electron chi connectivity index (χ4n) is 3.75. The van der Waals surface area contributed by atoms with Crippen LogP contribution in [0.4, 0.5) is 5.69 Å². The summed E-state index contributed by atoms with van der Waals surface area (Å²) in [6.07, 6.45) is 3.66. The highest BCUT2D eigenvalue weighted by molar-refractivity contribution is 6.33. The van der Waals surface area contributed by atoms with Crippen molar-refractivity contribution in [2.45, 2.75) is 12.8 Å². The van der Waals surface area contributed by atoms with Gasteiger partial charge in [0.1, 0.15) is 0 Å². The molecule has 0 unspecified atom stereocenters. The lowest BCUT2D eigenvalue weighted by Crippen LogP contribution is -2.48. The fraction of sp³-hybridized carbons (Fsp3) is 0.455. The number of hydrogen-bond donors (Lipinski definition) is 0. The van der Waals surface area contributed by atoms with Gasteiger partial charge in [0.15, 0.2) is 0 Å². The lowest BCUT2D eigenvalue weighted by Gasteiger charge is -2.36. The number of rotatable bonds is 5. The van der Waals surface area contributed by atoms with Gasteiger partial charge in [0.2, 0.25) is 5.88 Å². The molecule has 0 N–H and O–H groups in total.